The highest BCUT2D eigenvalue weighted by Crippen LogP contribution is 2.30. The number of hydrogen-bond donors (Lipinski definition) is 1. The van der Waals surface area contributed by atoms with Gasteiger partial charge in [-0.1, -0.05) is 6.07 Å². The van der Waals surface area contributed by atoms with E-state index in [4.69, 9.17) is 0 Å². The standard InChI is InChI=1S/C17H11N7O5/c1-10-13(23(26)27)6-11(7-14(10)24(28)29)17(25)21-16-12(8-18)9-20-22(16)15-4-2-3-5-19-15/h2-7,9H,1H3,(H,21,25). The number of carbonyl (C=O) groups excluding carboxylic acids is 1. The van der Waals surface area contributed by atoms with Crippen LogP contribution in [0.25, 0.3) is 5.82 Å². The van der Waals surface area contributed by atoms with E-state index in [1.165, 1.54) is 24.0 Å². The van der Waals surface area contributed by atoms with E-state index >= 15 is 0 Å². The van der Waals surface area contributed by atoms with Crippen molar-refractivity contribution in [3.05, 3.63) is 79.6 Å². The van der Waals surface area contributed by atoms with Crippen LogP contribution in [0.2, 0.25) is 0 Å². The quantitative estimate of drug-likeness (QED) is 0.509. The Morgan fingerprint density at radius 3 is 2.38 bits per heavy atom. The zero-order valence-corrected chi connectivity index (χ0v) is 14.8. The van der Waals surface area contributed by atoms with E-state index in [0.717, 1.165) is 12.1 Å². The molecule has 0 bridgehead atoms. The number of hydrogen-bond acceptors (Lipinski definition) is 8. The van der Waals surface area contributed by atoms with Crippen molar-refractivity contribution in [1.29, 1.82) is 5.26 Å². The Morgan fingerprint density at radius 2 is 1.86 bits per heavy atom. The number of carbonyl (C=O) groups is 1. The van der Waals surface area contributed by atoms with Crippen LogP contribution in [0.5, 0.6) is 0 Å². The normalized spacial score (nSPS) is 10.2. The molecule has 0 atom stereocenters. The first kappa shape index (κ1) is 19.1. The summed E-state index contributed by atoms with van der Waals surface area (Å²) in [5, 5.41) is 38.1. The van der Waals surface area contributed by atoms with Crippen molar-refractivity contribution in [3.63, 3.8) is 0 Å². The first-order valence-electron chi connectivity index (χ1n) is 7.97. The summed E-state index contributed by atoms with van der Waals surface area (Å²) in [7, 11) is 0. The highest BCUT2D eigenvalue weighted by Gasteiger charge is 2.26. The molecule has 3 aromatic rings. The van der Waals surface area contributed by atoms with Crippen LogP contribution < -0.4 is 5.32 Å². The maximum absolute atomic E-state index is 12.7. The van der Waals surface area contributed by atoms with Gasteiger partial charge in [-0.15, -0.1) is 0 Å². The second-order valence-electron chi connectivity index (χ2n) is 5.73. The van der Waals surface area contributed by atoms with Crippen LogP contribution >= 0.6 is 0 Å². The molecule has 1 N–H and O–H groups in total. The topological polar surface area (TPSA) is 170 Å². The summed E-state index contributed by atoms with van der Waals surface area (Å²) in [4.78, 5) is 37.6. The molecule has 12 nitrogen and oxygen atoms in total. The van der Waals surface area contributed by atoms with E-state index in [-0.39, 0.29) is 22.5 Å². The average molecular weight is 393 g/mol. The summed E-state index contributed by atoms with van der Waals surface area (Å²) in [5.74, 6) is -0.599. The summed E-state index contributed by atoms with van der Waals surface area (Å²) < 4.78 is 1.20. The van der Waals surface area contributed by atoms with Gasteiger partial charge in [-0.3, -0.25) is 25.0 Å². The minimum atomic E-state index is -0.884. The molecule has 12 heteroatoms. The second-order valence-corrected chi connectivity index (χ2v) is 5.73. The molecule has 2 heterocycles. The van der Waals surface area contributed by atoms with Crippen LogP contribution in [0.3, 0.4) is 0 Å². The van der Waals surface area contributed by atoms with Gasteiger partial charge in [-0.05, 0) is 19.1 Å². The number of aromatic nitrogens is 3. The van der Waals surface area contributed by atoms with Gasteiger partial charge in [0.2, 0.25) is 0 Å². The molecule has 2 aromatic heterocycles. The number of nitrogens with one attached hydrogen (secondary N) is 1. The molecular formula is C17H11N7O5. The number of nitriles is 1. The molecule has 0 aliphatic carbocycles. The fourth-order valence-electron chi connectivity index (χ4n) is 2.58. The summed E-state index contributed by atoms with van der Waals surface area (Å²) in [6, 6.07) is 8.67. The van der Waals surface area contributed by atoms with E-state index in [2.05, 4.69) is 15.4 Å². The van der Waals surface area contributed by atoms with Crippen molar-refractivity contribution in [3.8, 4) is 11.9 Å². The van der Waals surface area contributed by atoms with Gasteiger partial charge in [-0.25, -0.2) is 4.98 Å². The van der Waals surface area contributed by atoms with Crippen molar-refractivity contribution >= 4 is 23.1 Å². The third-order valence-electron chi connectivity index (χ3n) is 4.00. The Hall–Kier alpha value is -4.66. The number of amides is 1. The van der Waals surface area contributed by atoms with E-state index in [1.54, 1.807) is 18.2 Å². The number of anilines is 1. The van der Waals surface area contributed by atoms with Crippen LogP contribution in [0.1, 0.15) is 21.5 Å². The van der Waals surface area contributed by atoms with Gasteiger partial charge in [-0.2, -0.15) is 15.0 Å². The van der Waals surface area contributed by atoms with E-state index in [9.17, 15) is 30.3 Å². The summed E-state index contributed by atoms with van der Waals surface area (Å²) >= 11 is 0. The molecule has 3 rings (SSSR count). The first-order valence-corrected chi connectivity index (χ1v) is 7.97. The van der Waals surface area contributed by atoms with Crippen molar-refractivity contribution in [2.45, 2.75) is 6.92 Å². The largest absolute Gasteiger partial charge is 0.305 e. The summed E-state index contributed by atoms with van der Waals surface area (Å²) in [6.45, 7) is 1.22. The number of nitrogens with zero attached hydrogens (tertiary/aromatic N) is 6. The van der Waals surface area contributed by atoms with Crippen molar-refractivity contribution in [2.24, 2.45) is 0 Å². The highest BCUT2D eigenvalue weighted by molar-refractivity contribution is 6.05. The first-order chi connectivity index (χ1) is 13.8. The van der Waals surface area contributed by atoms with Crippen molar-refractivity contribution in [1.82, 2.24) is 14.8 Å². The molecule has 29 heavy (non-hydrogen) atoms. The van der Waals surface area contributed by atoms with E-state index in [1.807, 2.05) is 6.07 Å². The molecule has 1 amide bonds. The van der Waals surface area contributed by atoms with Crippen LogP contribution in [-0.4, -0.2) is 30.5 Å². The molecule has 0 saturated heterocycles. The Bertz CT molecular complexity index is 1150. The SMILES string of the molecule is Cc1c([N+](=O)[O-])cc(C(=O)Nc2c(C#N)cnn2-c2ccccn2)cc1[N+](=O)[O-]. The predicted octanol–water partition coefficient (Wildman–Crippen LogP) is 2.52. The zero-order chi connectivity index (χ0) is 21.1. The monoisotopic (exact) mass is 393 g/mol. The molecule has 0 aliphatic rings. The Kier molecular flexibility index (Phi) is 4.96. The number of nitro benzene ring substituents is 2. The number of rotatable bonds is 5. The maximum atomic E-state index is 12.7. The second kappa shape index (κ2) is 7.53. The van der Waals surface area contributed by atoms with Gasteiger partial charge in [0.05, 0.1) is 21.6 Å². The summed E-state index contributed by atoms with van der Waals surface area (Å²) in [5.41, 5.74) is -1.61. The maximum Gasteiger partial charge on any atom is 0.279 e. The Morgan fingerprint density at radius 1 is 1.21 bits per heavy atom. The molecule has 0 radical (unpaired) electrons. The smallest absolute Gasteiger partial charge is 0.279 e. The zero-order valence-electron chi connectivity index (χ0n) is 14.8. The van der Waals surface area contributed by atoms with Crippen molar-refractivity contribution in [2.75, 3.05) is 5.32 Å². The number of nitro groups is 2. The minimum Gasteiger partial charge on any atom is -0.305 e. The van der Waals surface area contributed by atoms with Crippen LogP contribution in [0.15, 0.2) is 42.7 Å². The third kappa shape index (κ3) is 3.60. The molecule has 144 valence electrons. The summed E-state index contributed by atoms with van der Waals surface area (Å²) in [6.07, 6.45) is 2.70. The molecular weight excluding hydrogens is 382 g/mol. The lowest BCUT2D eigenvalue weighted by atomic mass is 10.1. The lowest BCUT2D eigenvalue weighted by Gasteiger charge is -2.09. The van der Waals surface area contributed by atoms with E-state index in [0.29, 0.717) is 5.82 Å². The fraction of sp³-hybridized carbons (Fsp3) is 0.0588. The molecule has 0 spiro atoms. The number of pyridine rings is 1. The molecule has 0 unspecified atom stereocenters. The van der Waals surface area contributed by atoms with Crippen LogP contribution in [0.4, 0.5) is 17.2 Å². The molecule has 0 aliphatic heterocycles. The Labute approximate surface area is 162 Å². The van der Waals surface area contributed by atoms with Gasteiger partial charge in [0.15, 0.2) is 11.6 Å². The van der Waals surface area contributed by atoms with E-state index < -0.39 is 27.1 Å². The van der Waals surface area contributed by atoms with Crippen LogP contribution in [0, 0.1) is 38.5 Å². The molecule has 0 fully saturated rings. The minimum absolute atomic E-state index is 0.0140. The predicted molar refractivity (Wildman–Crippen MR) is 98.5 cm³/mol. The van der Waals surface area contributed by atoms with Crippen molar-refractivity contribution < 1.29 is 14.6 Å². The fourth-order valence-corrected chi connectivity index (χ4v) is 2.58. The lowest BCUT2D eigenvalue weighted by molar-refractivity contribution is -0.395. The van der Waals surface area contributed by atoms with Gasteiger partial charge >= 0.3 is 0 Å². The van der Waals surface area contributed by atoms with Crippen LogP contribution in [-0.2, 0) is 0 Å². The van der Waals surface area contributed by atoms with Gasteiger partial charge in [0, 0.05) is 18.3 Å². The van der Waals surface area contributed by atoms with Gasteiger partial charge in [0.25, 0.3) is 17.3 Å². The Balaban J connectivity index is 2.06. The molecule has 1 aromatic carbocycles. The molecule has 0 saturated carbocycles. The highest BCUT2D eigenvalue weighted by atomic mass is 16.6. The lowest BCUT2D eigenvalue weighted by Crippen LogP contribution is -2.17. The third-order valence-corrected chi connectivity index (χ3v) is 4.00. The number of benzene rings is 1. The van der Waals surface area contributed by atoms with Gasteiger partial charge in [0.1, 0.15) is 17.2 Å². The van der Waals surface area contributed by atoms with Gasteiger partial charge < -0.3 is 5.32 Å². The average Bonchev–Trinajstić information content (AvgIpc) is 3.10.